The average Bonchev–Trinajstić information content (AvgIpc) is 3.55. The van der Waals surface area contributed by atoms with Crippen molar-refractivity contribution in [3.63, 3.8) is 0 Å². The number of carbonyl (C=O) groups is 2. The molecule has 3 atom stereocenters. The van der Waals surface area contributed by atoms with Crippen molar-refractivity contribution in [2.24, 2.45) is 5.92 Å². The molecule has 1 aliphatic carbocycles. The normalized spacial score (nSPS) is 17.1. The third-order valence-corrected chi connectivity index (χ3v) is 5.43. The van der Waals surface area contributed by atoms with Gasteiger partial charge in [-0.3, -0.25) is 14.6 Å². The van der Waals surface area contributed by atoms with Crippen molar-refractivity contribution in [1.29, 1.82) is 5.26 Å². The Labute approximate surface area is 195 Å². The fraction of sp³-hybridized carbons (Fsp3) is 0.333. The van der Waals surface area contributed by atoms with Crippen LogP contribution in [0, 0.1) is 24.2 Å². The van der Waals surface area contributed by atoms with Crippen molar-refractivity contribution in [2.75, 3.05) is 5.32 Å². The number of carboxylic acid groups (broad SMARTS) is 1. The van der Waals surface area contributed by atoms with Crippen LogP contribution in [-0.4, -0.2) is 43.7 Å². The first-order valence-corrected chi connectivity index (χ1v) is 10.7. The third-order valence-electron chi connectivity index (χ3n) is 5.43. The molecule has 0 bridgehead atoms. The fourth-order valence-corrected chi connectivity index (χ4v) is 3.54. The third kappa shape index (κ3) is 5.50. The molecule has 10 heteroatoms. The Balaban J connectivity index is 0.00000103. The second-order valence-corrected chi connectivity index (χ2v) is 7.94. The smallest absolute Gasteiger partial charge is 0.290 e. The van der Waals surface area contributed by atoms with Crippen molar-refractivity contribution < 1.29 is 24.2 Å². The molecule has 0 radical (unpaired) electrons. The van der Waals surface area contributed by atoms with E-state index >= 15 is 0 Å². The molecule has 3 aromatic heterocycles. The second-order valence-electron chi connectivity index (χ2n) is 7.94. The van der Waals surface area contributed by atoms with Gasteiger partial charge in [-0.05, 0) is 37.5 Å². The van der Waals surface area contributed by atoms with E-state index in [9.17, 15) is 19.6 Å². The Morgan fingerprint density at radius 3 is 2.62 bits per heavy atom. The number of hydrogen-bond donors (Lipinski definition) is 3. The average molecular weight is 465 g/mol. The molecule has 34 heavy (non-hydrogen) atoms. The summed E-state index contributed by atoms with van der Waals surface area (Å²) >= 11 is 0. The summed E-state index contributed by atoms with van der Waals surface area (Å²) in [5, 5.41) is 30.1. The minimum absolute atomic E-state index is 0.216. The number of anilines is 1. The summed E-state index contributed by atoms with van der Waals surface area (Å²) in [5.74, 6) is -0.742. The van der Waals surface area contributed by atoms with Gasteiger partial charge in [-0.15, -0.1) is 0 Å². The van der Waals surface area contributed by atoms with Crippen LogP contribution < -0.4 is 5.32 Å². The number of carbonyl (C=O) groups excluding carboxylic acids is 1. The molecule has 0 saturated heterocycles. The Kier molecular flexibility index (Phi) is 7.81. The van der Waals surface area contributed by atoms with Gasteiger partial charge in [0.25, 0.3) is 6.47 Å². The van der Waals surface area contributed by atoms with E-state index in [1.165, 1.54) is 0 Å². The van der Waals surface area contributed by atoms with Gasteiger partial charge < -0.3 is 15.5 Å². The molecule has 0 aromatic carbocycles. The molecular formula is C24H24FN5O4. The molecule has 1 aliphatic rings. The number of alkyl halides is 1. The Morgan fingerprint density at radius 1 is 1.32 bits per heavy atom. The number of aryl methyl sites for hydroxylation is 1. The summed E-state index contributed by atoms with van der Waals surface area (Å²) in [4.78, 5) is 33.4. The van der Waals surface area contributed by atoms with Gasteiger partial charge in [0.15, 0.2) is 0 Å². The van der Waals surface area contributed by atoms with Crippen LogP contribution in [0.1, 0.15) is 49.2 Å². The zero-order valence-corrected chi connectivity index (χ0v) is 18.7. The second kappa shape index (κ2) is 10.8. The molecule has 1 saturated carbocycles. The Bertz CT molecular complexity index is 1260. The lowest BCUT2D eigenvalue weighted by Crippen LogP contribution is -2.15. The fourth-order valence-electron chi connectivity index (χ4n) is 3.54. The van der Waals surface area contributed by atoms with E-state index in [2.05, 4.69) is 26.3 Å². The number of pyridine rings is 3. The van der Waals surface area contributed by atoms with Crippen molar-refractivity contribution in [1.82, 2.24) is 15.0 Å². The zero-order valence-electron chi connectivity index (χ0n) is 18.7. The molecule has 3 heterocycles. The number of nitrogens with zero attached hydrogens (tertiary/aromatic N) is 4. The van der Waals surface area contributed by atoms with Crippen LogP contribution in [0.5, 0.6) is 0 Å². The number of nitrogens with one attached hydrogen (secondary N) is 1. The summed E-state index contributed by atoms with van der Waals surface area (Å²) in [6.07, 6.45) is 3.22. The molecule has 9 nitrogen and oxygen atoms in total. The van der Waals surface area contributed by atoms with Crippen LogP contribution in [-0.2, 0) is 9.59 Å². The van der Waals surface area contributed by atoms with Gasteiger partial charge in [0, 0.05) is 35.0 Å². The van der Waals surface area contributed by atoms with Crippen LogP contribution in [0.15, 0.2) is 30.6 Å². The number of nitriles is 1. The number of aromatic nitrogens is 3. The first kappa shape index (κ1) is 24.7. The number of halogens is 1. The van der Waals surface area contributed by atoms with Crippen molar-refractivity contribution in [3.05, 3.63) is 47.5 Å². The van der Waals surface area contributed by atoms with E-state index in [4.69, 9.17) is 9.90 Å². The maximum Gasteiger partial charge on any atom is 0.290 e. The molecular weight excluding hydrogens is 441 g/mol. The van der Waals surface area contributed by atoms with Crippen LogP contribution in [0.3, 0.4) is 0 Å². The first-order chi connectivity index (χ1) is 16.3. The highest BCUT2D eigenvalue weighted by Crippen LogP contribution is 2.35. The monoisotopic (exact) mass is 465 g/mol. The van der Waals surface area contributed by atoms with Crippen LogP contribution in [0.4, 0.5) is 10.2 Å². The number of hydrogen-bond acceptors (Lipinski definition) is 7. The lowest BCUT2D eigenvalue weighted by Gasteiger charge is -2.13. The predicted octanol–water partition coefficient (Wildman–Crippen LogP) is 3.70. The summed E-state index contributed by atoms with van der Waals surface area (Å²) in [6.45, 7) is 3.65. The van der Waals surface area contributed by atoms with Crippen LogP contribution in [0.2, 0.25) is 0 Å². The molecule has 0 aliphatic heterocycles. The van der Waals surface area contributed by atoms with Crippen molar-refractivity contribution in [3.8, 4) is 17.2 Å². The van der Waals surface area contributed by atoms with Gasteiger partial charge in [0.1, 0.15) is 23.8 Å². The predicted molar refractivity (Wildman–Crippen MR) is 122 cm³/mol. The Hall–Kier alpha value is -3.97. The molecule has 1 amide bonds. The molecule has 3 aromatic rings. The zero-order chi connectivity index (χ0) is 24.8. The molecule has 4 rings (SSSR count). The van der Waals surface area contributed by atoms with E-state index < -0.39 is 24.1 Å². The van der Waals surface area contributed by atoms with Gasteiger partial charge in [0.2, 0.25) is 5.91 Å². The van der Waals surface area contributed by atoms with Gasteiger partial charge in [-0.2, -0.15) is 5.26 Å². The van der Waals surface area contributed by atoms with E-state index in [0.29, 0.717) is 28.6 Å². The van der Waals surface area contributed by atoms with Crippen LogP contribution in [0.25, 0.3) is 22.0 Å². The van der Waals surface area contributed by atoms with E-state index in [0.717, 1.165) is 17.5 Å². The quantitative estimate of drug-likeness (QED) is 0.467. The highest BCUT2D eigenvalue weighted by Gasteiger charge is 2.43. The maximum absolute atomic E-state index is 13.1. The summed E-state index contributed by atoms with van der Waals surface area (Å²) in [6, 6.07) is 7.33. The number of fused-ring (bicyclic) bond motifs is 1. The van der Waals surface area contributed by atoms with Gasteiger partial charge in [-0.25, -0.2) is 14.4 Å². The SMILES string of the molecule is CCC[C@@H](O)c1cc(C)c(-c2cc3cnc(NC(=O)[C@H]4C[C@H]4F)cc3nc2C#N)cn1.O=CO. The molecule has 1 fully saturated rings. The number of amides is 1. The minimum atomic E-state index is -1.09. The number of aliphatic hydroxyl groups excluding tert-OH is 1. The summed E-state index contributed by atoms with van der Waals surface area (Å²) in [7, 11) is 0. The lowest BCUT2D eigenvalue weighted by molar-refractivity contribution is -0.123. The van der Waals surface area contributed by atoms with E-state index in [-0.39, 0.29) is 24.4 Å². The lowest BCUT2D eigenvalue weighted by atomic mass is 9.98. The van der Waals surface area contributed by atoms with Gasteiger partial charge in [-0.1, -0.05) is 13.3 Å². The topological polar surface area (TPSA) is 149 Å². The summed E-state index contributed by atoms with van der Waals surface area (Å²) in [5.41, 5.74) is 3.56. The Morgan fingerprint density at radius 2 is 2.03 bits per heavy atom. The van der Waals surface area contributed by atoms with Crippen molar-refractivity contribution in [2.45, 2.75) is 45.4 Å². The van der Waals surface area contributed by atoms with E-state index in [1.807, 2.05) is 26.0 Å². The maximum atomic E-state index is 13.1. The highest BCUT2D eigenvalue weighted by molar-refractivity contribution is 5.96. The molecule has 3 N–H and O–H groups in total. The van der Waals surface area contributed by atoms with E-state index in [1.54, 1.807) is 18.5 Å². The standard InChI is InChI=1S/C23H22FN5O2.CH2O2/c1-3-4-21(30)19-5-12(2)16(11-26-19)14-6-13-10-27-22(8-18(13)28-20(14)9-25)29-23(31)15-7-17(15)24;2-1-3/h5-6,8,10-11,15,17,21,30H,3-4,7H2,1-2H3,(H,27,29,31);1H,(H,2,3)/t15-,17+,21+;/m0./s1. The summed E-state index contributed by atoms with van der Waals surface area (Å²) < 4.78 is 13.1. The van der Waals surface area contributed by atoms with Gasteiger partial charge in [0.05, 0.1) is 23.2 Å². The largest absolute Gasteiger partial charge is 0.483 e. The highest BCUT2D eigenvalue weighted by atomic mass is 19.1. The number of aliphatic hydroxyl groups is 1. The van der Waals surface area contributed by atoms with Gasteiger partial charge >= 0.3 is 0 Å². The number of rotatable bonds is 6. The minimum Gasteiger partial charge on any atom is -0.483 e. The molecule has 176 valence electrons. The first-order valence-electron chi connectivity index (χ1n) is 10.7. The van der Waals surface area contributed by atoms with Crippen molar-refractivity contribution >= 4 is 29.1 Å². The molecule has 0 unspecified atom stereocenters. The van der Waals surface area contributed by atoms with Crippen LogP contribution >= 0.6 is 0 Å². The molecule has 0 spiro atoms.